The zero-order chi connectivity index (χ0) is 10.5. The molecule has 3 nitrogen and oxygen atoms in total. The van der Waals surface area contributed by atoms with Crippen molar-refractivity contribution >= 4 is 0 Å². The van der Waals surface area contributed by atoms with Crippen molar-refractivity contribution in [3.63, 3.8) is 0 Å². The minimum Gasteiger partial charge on any atom is -0.396 e. The van der Waals surface area contributed by atoms with E-state index >= 15 is 0 Å². The van der Waals surface area contributed by atoms with E-state index in [1.54, 1.807) is 6.20 Å². The average molecular weight is 207 g/mol. The largest absolute Gasteiger partial charge is 0.396 e. The summed E-state index contributed by atoms with van der Waals surface area (Å²) in [7, 11) is 0. The molecule has 2 rings (SSSR count). The Balaban J connectivity index is 1.82. The summed E-state index contributed by atoms with van der Waals surface area (Å²) in [5.41, 5.74) is 1.23. The van der Waals surface area contributed by atoms with Crippen LogP contribution in [0.3, 0.4) is 0 Å². The van der Waals surface area contributed by atoms with Gasteiger partial charge in [0, 0.05) is 25.4 Å². The first kappa shape index (κ1) is 10.6. The Morgan fingerprint density at radius 2 is 2.27 bits per heavy atom. The Kier molecular flexibility index (Phi) is 3.69. The van der Waals surface area contributed by atoms with Crippen molar-refractivity contribution in [3.8, 4) is 0 Å². The van der Waals surface area contributed by atoms with Crippen LogP contribution in [0.2, 0.25) is 0 Å². The summed E-state index contributed by atoms with van der Waals surface area (Å²) in [6.45, 7) is 0.226. The SMILES string of the molecule is OCCC1CCC(Cc2cccnc2)O1. The average Bonchev–Trinajstić information content (AvgIpc) is 2.68. The maximum Gasteiger partial charge on any atom is 0.0620 e. The normalized spacial score (nSPS) is 25.7. The van der Waals surface area contributed by atoms with Crippen LogP contribution in [0.5, 0.6) is 0 Å². The molecule has 0 aromatic carbocycles. The molecule has 0 bridgehead atoms. The van der Waals surface area contributed by atoms with Gasteiger partial charge in [-0.15, -0.1) is 0 Å². The van der Waals surface area contributed by atoms with Crippen molar-refractivity contribution < 1.29 is 9.84 Å². The van der Waals surface area contributed by atoms with Crippen molar-refractivity contribution in [2.24, 2.45) is 0 Å². The highest BCUT2D eigenvalue weighted by Crippen LogP contribution is 2.24. The molecule has 1 fully saturated rings. The van der Waals surface area contributed by atoms with Gasteiger partial charge in [0.15, 0.2) is 0 Å². The highest BCUT2D eigenvalue weighted by molar-refractivity contribution is 5.09. The minimum absolute atomic E-state index is 0.226. The molecule has 0 aliphatic carbocycles. The van der Waals surface area contributed by atoms with Crippen molar-refractivity contribution in [2.45, 2.75) is 37.9 Å². The number of aliphatic hydroxyl groups is 1. The third-order valence-corrected chi connectivity index (χ3v) is 2.83. The van der Waals surface area contributed by atoms with Gasteiger partial charge in [-0.3, -0.25) is 4.98 Å². The second-order valence-corrected chi connectivity index (χ2v) is 4.04. The first-order valence-electron chi connectivity index (χ1n) is 5.53. The zero-order valence-electron chi connectivity index (χ0n) is 8.80. The van der Waals surface area contributed by atoms with Gasteiger partial charge in [-0.2, -0.15) is 0 Å². The topological polar surface area (TPSA) is 42.4 Å². The van der Waals surface area contributed by atoms with Gasteiger partial charge < -0.3 is 9.84 Å². The maximum absolute atomic E-state index is 8.81. The van der Waals surface area contributed by atoms with E-state index in [-0.39, 0.29) is 12.7 Å². The molecule has 1 aliphatic heterocycles. The highest BCUT2D eigenvalue weighted by atomic mass is 16.5. The van der Waals surface area contributed by atoms with Gasteiger partial charge in [0.25, 0.3) is 0 Å². The number of rotatable bonds is 4. The lowest BCUT2D eigenvalue weighted by Crippen LogP contribution is -2.14. The Morgan fingerprint density at radius 3 is 3.00 bits per heavy atom. The van der Waals surface area contributed by atoms with E-state index in [0.29, 0.717) is 6.10 Å². The first-order chi connectivity index (χ1) is 7.38. The number of hydrogen-bond acceptors (Lipinski definition) is 3. The Bertz CT molecular complexity index is 289. The molecule has 1 N–H and O–H groups in total. The third kappa shape index (κ3) is 3.01. The summed E-state index contributed by atoms with van der Waals surface area (Å²) >= 11 is 0. The molecule has 1 aliphatic rings. The summed E-state index contributed by atoms with van der Waals surface area (Å²) in [6, 6.07) is 4.03. The molecule has 2 atom stereocenters. The lowest BCUT2D eigenvalue weighted by molar-refractivity contribution is 0.0316. The highest BCUT2D eigenvalue weighted by Gasteiger charge is 2.24. The molecule has 0 spiro atoms. The van der Waals surface area contributed by atoms with Crippen LogP contribution in [-0.4, -0.2) is 28.9 Å². The molecule has 0 saturated carbocycles. The first-order valence-corrected chi connectivity index (χ1v) is 5.53. The Morgan fingerprint density at radius 1 is 1.40 bits per heavy atom. The second-order valence-electron chi connectivity index (χ2n) is 4.04. The monoisotopic (exact) mass is 207 g/mol. The molecule has 1 aromatic rings. The van der Waals surface area contributed by atoms with Gasteiger partial charge in [0.05, 0.1) is 12.2 Å². The van der Waals surface area contributed by atoms with Crippen LogP contribution in [0.1, 0.15) is 24.8 Å². The fraction of sp³-hybridized carbons (Fsp3) is 0.583. The number of aromatic nitrogens is 1. The lowest BCUT2D eigenvalue weighted by Gasteiger charge is -2.12. The van der Waals surface area contributed by atoms with Gasteiger partial charge in [-0.1, -0.05) is 6.07 Å². The van der Waals surface area contributed by atoms with E-state index in [1.807, 2.05) is 12.3 Å². The molecule has 0 amide bonds. The number of ether oxygens (including phenoxy) is 1. The van der Waals surface area contributed by atoms with Gasteiger partial charge in [-0.25, -0.2) is 0 Å². The van der Waals surface area contributed by atoms with Crippen LogP contribution in [0.25, 0.3) is 0 Å². The van der Waals surface area contributed by atoms with Crippen LogP contribution in [0.15, 0.2) is 24.5 Å². The summed E-state index contributed by atoms with van der Waals surface area (Å²) in [5, 5.41) is 8.81. The van der Waals surface area contributed by atoms with Crippen LogP contribution in [0.4, 0.5) is 0 Å². The third-order valence-electron chi connectivity index (χ3n) is 2.83. The molecule has 82 valence electrons. The number of nitrogens with zero attached hydrogens (tertiary/aromatic N) is 1. The quantitative estimate of drug-likeness (QED) is 0.814. The standard InChI is InChI=1S/C12H17NO2/c14-7-5-11-3-4-12(15-11)8-10-2-1-6-13-9-10/h1-2,6,9,11-12,14H,3-5,7-8H2. The van der Waals surface area contributed by atoms with Gasteiger partial charge in [-0.05, 0) is 30.9 Å². The molecule has 15 heavy (non-hydrogen) atoms. The van der Waals surface area contributed by atoms with Crippen LogP contribution < -0.4 is 0 Å². The molecule has 3 heteroatoms. The van der Waals surface area contributed by atoms with E-state index in [1.165, 1.54) is 5.56 Å². The number of pyridine rings is 1. The van der Waals surface area contributed by atoms with Crippen LogP contribution >= 0.6 is 0 Å². The van der Waals surface area contributed by atoms with Gasteiger partial charge in [0.2, 0.25) is 0 Å². The molecular weight excluding hydrogens is 190 g/mol. The van der Waals surface area contributed by atoms with Gasteiger partial charge in [0.1, 0.15) is 0 Å². The Hall–Kier alpha value is -0.930. The number of hydrogen-bond donors (Lipinski definition) is 1. The summed E-state index contributed by atoms with van der Waals surface area (Å²) in [5.74, 6) is 0. The molecular formula is C12H17NO2. The van der Waals surface area contributed by atoms with Gasteiger partial charge >= 0.3 is 0 Å². The predicted octanol–water partition coefficient (Wildman–Crippen LogP) is 1.55. The summed E-state index contributed by atoms with van der Waals surface area (Å²) < 4.78 is 5.82. The van der Waals surface area contributed by atoms with E-state index in [0.717, 1.165) is 25.7 Å². The fourth-order valence-corrected chi connectivity index (χ4v) is 2.07. The van der Waals surface area contributed by atoms with Crippen LogP contribution in [0, 0.1) is 0 Å². The van der Waals surface area contributed by atoms with E-state index in [4.69, 9.17) is 9.84 Å². The Labute approximate surface area is 90.1 Å². The maximum atomic E-state index is 8.81. The number of aliphatic hydroxyl groups excluding tert-OH is 1. The predicted molar refractivity (Wildman–Crippen MR) is 57.5 cm³/mol. The molecule has 2 heterocycles. The smallest absolute Gasteiger partial charge is 0.0620 e. The van der Waals surface area contributed by atoms with E-state index < -0.39 is 0 Å². The molecule has 0 radical (unpaired) electrons. The molecule has 1 aromatic heterocycles. The zero-order valence-corrected chi connectivity index (χ0v) is 8.80. The van der Waals surface area contributed by atoms with Crippen molar-refractivity contribution in [2.75, 3.05) is 6.61 Å². The van der Waals surface area contributed by atoms with Crippen molar-refractivity contribution in [3.05, 3.63) is 30.1 Å². The van der Waals surface area contributed by atoms with E-state index in [2.05, 4.69) is 11.1 Å². The van der Waals surface area contributed by atoms with Crippen molar-refractivity contribution in [1.82, 2.24) is 4.98 Å². The second kappa shape index (κ2) is 5.24. The molecule has 2 unspecified atom stereocenters. The van der Waals surface area contributed by atoms with Crippen LogP contribution in [-0.2, 0) is 11.2 Å². The lowest BCUT2D eigenvalue weighted by atomic mass is 10.1. The summed E-state index contributed by atoms with van der Waals surface area (Å²) in [4.78, 5) is 4.09. The fourth-order valence-electron chi connectivity index (χ4n) is 2.07. The molecule has 1 saturated heterocycles. The van der Waals surface area contributed by atoms with E-state index in [9.17, 15) is 0 Å². The van der Waals surface area contributed by atoms with Crippen molar-refractivity contribution in [1.29, 1.82) is 0 Å². The minimum atomic E-state index is 0.226. The summed E-state index contributed by atoms with van der Waals surface area (Å²) in [6.07, 6.45) is 8.13.